The van der Waals surface area contributed by atoms with Crippen molar-refractivity contribution in [2.24, 2.45) is 0 Å². The Labute approximate surface area is 217 Å². The Morgan fingerprint density at radius 1 is 1.32 bits per heavy atom. The summed E-state index contributed by atoms with van der Waals surface area (Å²) in [6.45, 7) is 5.00. The van der Waals surface area contributed by atoms with Crippen LogP contribution in [0.4, 0.5) is 27.9 Å². The molecule has 1 saturated heterocycles. The maximum Gasteiger partial charge on any atom is 0.407 e. The first kappa shape index (κ1) is 25.8. The Kier molecular flexibility index (Phi) is 7.47. The molecule has 37 heavy (non-hydrogen) atoms. The highest BCUT2D eigenvalue weighted by Crippen LogP contribution is 2.37. The van der Waals surface area contributed by atoms with Crippen LogP contribution in [-0.2, 0) is 0 Å². The summed E-state index contributed by atoms with van der Waals surface area (Å²) in [6, 6.07) is 6.78. The number of β-amino-alcohol motifs (C(OH)–C–C–N with tert-alkyl or cyclic N) is 1. The second-order valence-electron chi connectivity index (χ2n) is 8.34. The molecule has 0 bridgehead atoms. The van der Waals surface area contributed by atoms with Crippen LogP contribution in [0, 0.1) is 22.7 Å². The molecule has 1 fully saturated rings. The monoisotopic (exact) mass is 524 g/mol. The molecule has 0 saturated carbocycles. The van der Waals surface area contributed by atoms with Gasteiger partial charge in [-0.05, 0) is 32.4 Å². The molecule has 1 aliphatic rings. The summed E-state index contributed by atoms with van der Waals surface area (Å²) in [4.78, 5) is 23.3. The van der Waals surface area contributed by atoms with E-state index in [1.807, 2.05) is 17.9 Å². The Bertz CT molecular complexity index is 1410. The van der Waals surface area contributed by atoms with Gasteiger partial charge in [0.25, 0.3) is 0 Å². The van der Waals surface area contributed by atoms with Crippen LogP contribution >= 0.6 is 11.6 Å². The minimum absolute atomic E-state index is 0.125. The van der Waals surface area contributed by atoms with Crippen molar-refractivity contribution >= 4 is 46.5 Å². The Morgan fingerprint density at radius 3 is 2.73 bits per heavy atom. The normalized spacial score (nSPS) is 17.2. The fourth-order valence-corrected chi connectivity index (χ4v) is 4.70. The van der Waals surface area contributed by atoms with Crippen molar-refractivity contribution in [1.82, 2.24) is 24.5 Å². The molecule has 4 rings (SSSR count). The number of fused-ring (bicyclic) bond motifs is 1. The summed E-state index contributed by atoms with van der Waals surface area (Å²) in [7, 11) is 0. The van der Waals surface area contributed by atoms with Gasteiger partial charge in [0.2, 0.25) is 5.95 Å². The van der Waals surface area contributed by atoms with E-state index in [9.17, 15) is 25.5 Å². The number of nitrogens with one attached hydrogen (secondary N) is 2. The lowest BCUT2D eigenvalue weighted by atomic mass is 9.99. The van der Waals surface area contributed by atoms with Gasteiger partial charge in [-0.1, -0.05) is 11.6 Å². The van der Waals surface area contributed by atoms with E-state index in [4.69, 9.17) is 11.6 Å². The van der Waals surface area contributed by atoms with E-state index < -0.39 is 18.2 Å². The molecule has 0 aliphatic carbocycles. The maximum absolute atomic E-state index is 11.5. The number of aromatic nitrogens is 4. The van der Waals surface area contributed by atoms with Crippen LogP contribution in [0.3, 0.4) is 0 Å². The molecule has 14 heteroatoms. The molecule has 2 aromatic heterocycles. The minimum atomic E-state index is -1.08. The highest BCUT2D eigenvalue weighted by atomic mass is 35.5. The van der Waals surface area contributed by atoms with Gasteiger partial charge in [0.15, 0.2) is 17.2 Å². The van der Waals surface area contributed by atoms with Gasteiger partial charge < -0.3 is 30.6 Å². The predicted octanol–water partition coefficient (Wildman–Crippen LogP) is 2.64. The maximum atomic E-state index is 11.5. The Balaban J connectivity index is 1.68. The fraction of sp³-hybridized carbons (Fsp3) is 0.391. The van der Waals surface area contributed by atoms with Crippen molar-refractivity contribution in [3.05, 3.63) is 34.6 Å². The number of anilines is 4. The zero-order valence-electron chi connectivity index (χ0n) is 20.2. The van der Waals surface area contributed by atoms with Crippen LogP contribution in [0.2, 0.25) is 5.02 Å². The second kappa shape index (κ2) is 10.7. The van der Waals surface area contributed by atoms with E-state index in [1.54, 1.807) is 19.1 Å². The molecule has 192 valence electrons. The number of hydrogen-bond acceptors (Lipinski definition) is 10. The zero-order valence-corrected chi connectivity index (χ0v) is 20.9. The Hall–Kier alpha value is -4.33. The number of hydrogen-bond donors (Lipinski definition) is 4. The summed E-state index contributed by atoms with van der Waals surface area (Å²) in [5, 5.41) is 50.0. The largest absolute Gasteiger partial charge is 0.465 e. The van der Waals surface area contributed by atoms with E-state index in [1.165, 1.54) is 15.6 Å². The van der Waals surface area contributed by atoms with Gasteiger partial charge >= 0.3 is 6.09 Å². The van der Waals surface area contributed by atoms with Gasteiger partial charge in [-0.2, -0.15) is 20.0 Å². The molecule has 4 N–H and O–H groups in total. The average Bonchev–Trinajstić information content (AvgIpc) is 3.30. The van der Waals surface area contributed by atoms with Gasteiger partial charge in [0, 0.05) is 26.2 Å². The second-order valence-corrected chi connectivity index (χ2v) is 8.71. The smallest absolute Gasteiger partial charge is 0.407 e. The summed E-state index contributed by atoms with van der Waals surface area (Å²) in [6.07, 6.45) is -0.236. The number of aliphatic hydroxyl groups is 1. The topological polar surface area (TPSA) is 179 Å². The van der Waals surface area contributed by atoms with Crippen molar-refractivity contribution in [2.45, 2.75) is 32.4 Å². The van der Waals surface area contributed by atoms with Crippen LogP contribution in [0.1, 0.15) is 31.5 Å². The van der Waals surface area contributed by atoms with Gasteiger partial charge in [-0.3, -0.25) is 0 Å². The molecule has 3 heterocycles. The summed E-state index contributed by atoms with van der Waals surface area (Å²) < 4.78 is 1.36. The van der Waals surface area contributed by atoms with Gasteiger partial charge in [0.05, 0.1) is 46.4 Å². The van der Waals surface area contributed by atoms with Crippen LogP contribution in [0.15, 0.2) is 18.3 Å². The number of carboxylic acid groups (broad SMARTS) is 1. The third kappa shape index (κ3) is 5.00. The van der Waals surface area contributed by atoms with Crippen LogP contribution in [-0.4, -0.2) is 79.1 Å². The lowest BCUT2D eigenvalue weighted by molar-refractivity contribution is 0.0404. The number of aliphatic hydroxyl groups excluding tert-OH is 1. The van der Waals surface area contributed by atoms with Gasteiger partial charge in [-0.25, -0.2) is 9.78 Å². The molecule has 0 unspecified atom stereocenters. The van der Waals surface area contributed by atoms with Crippen LogP contribution in [0.5, 0.6) is 0 Å². The van der Waals surface area contributed by atoms with E-state index >= 15 is 0 Å². The number of imidazole rings is 1. The lowest BCUT2D eigenvalue weighted by Gasteiger charge is -2.41. The number of rotatable bonds is 7. The fourth-order valence-electron chi connectivity index (χ4n) is 4.43. The van der Waals surface area contributed by atoms with Crippen LogP contribution < -0.4 is 15.5 Å². The average molecular weight is 525 g/mol. The molecule has 1 aromatic carbocycles. The summed E-state index contributed by atoms with van der Waals surface area (Å²) in [5.74, 6) is 0.540. The highest BCUT2D eigenvalue weighted by Gasteiger charge is 2.35. The first-order valence-electron chi connectivity index (χ1n) is 11.6. The van der Waals surface area contributed by atoms with Gasteiger partial charge in [-0.15, -0.1) is 5.10 Å². The van der Waals surface area contributed by atoms with Crippen molar-refractivity contribution in [3.63, 3.8) is 0 Å². The van der Waals surface area contributed by atoms with E-state index in [0.29, 0.717) is 47.9 Å². The van der Waals surface area contributed by atoms with E-state index in [-0.39, 0.29) is 29.8 Å². The predicted molar refractivity (Wildman–Crippen MR) is 136 cm³/mol. The molecule has 3 aromatic rings. The molecule has 1 aliphatic heterocycles. The van der Waals surface area contributed by atoms with Crippen molar-refractivity contribution in [3.8, 4) is 12.1 Å². The lowest BCUT2D eigenvalue weighted by Crippen LogP contribution is -2.55. The van der Waals surface area contributed by atoms with Crippen LogP contribution in [0.25, 0.3) is 5.65 Å². The number of halogens is 1. The number of nitrogens with zero attached hydrogens (tertiary/aromatic N) is 8. The first-order valence-corrected chi connectivity index (χ1v) is 12.0. The van der Waals surface area contributed by atoms with Crippen molar-refractivity contribution in [2.75, 3.05) is 41.7 Å². The van der Waals surface area contributed by atoms with Crippen molar-refractivity contribution in [1.29, 1.82) is 10.5 Å². The van der Waals surface area contributed by atoms with E-state index in [0.717, 1.165) is 0 Å². The SMILES string of the molecule is CCNc1nc(Nc2cc(C#N)cc(N3CC[C@@H](N(CC)C(=O)O)[C@@H](O)C3)c2Cl)nn2c(C#N)cnc12. The highest BCUT2D eigenvalue weighted by molar-refractivity contribution is 6.36. The molecular formula is C23H25ClN10O3. The quantitative estimate of drug-likeness (QED) is 0.357. The molecule has 2 atom stereocenters. The zero-order chi connectivity index (χ0) is 26.7. The molecule has 1 amide bonds. The number of benzene rings is 1. The third-order valence-corrected chi connectivity index (χ3v) is 6.52. The van der Waals surface area contributed by atoms with Gasteiger partial charge in [0.1, 0.15) is 6.07 Å². The number of likely N-dealkylation sites (N-methyl/N-ethyl adjacent to an activating group) is 1. The number of carbonyl (C=O) groups is 1. The molecule has 0 spiro atoms. The standard InChI is InChI=1S/C23H25ClN10O3/c1-3-27-20-21-28-11-14(10-26)34(21)31-22(30-20)29-15-7-13(9-25)8-17(19(15)24)32-6-5-16(18(35)12-32)33(4-2)23(36)37/h7-8,11,16,18,35H,3-6,12H2,1-2H3,(H,36,37)(H2,27,29,30,31)/t16-,18+/m1/s1. The summed E-state index contributed by atoms with van der Waals surface area (Å²) >= 11 is 6.76. The first-order chi connectivity index (χ1) is 17.8. The van der Waals surface area contributed by atoms with Crippen molar-refractivity contribution < 1.29 is 15.0 Å². The number of nitriles is 2. The number of piperidine rings is 1. The molecular weight excluding hydrogens is 500 g/mol. The molecule has 0 radical (unpaired) electrons. The van der Waals surface area contributed by atoms with E-state index in [2.05, 4.69) is 31.8 Å². The number of amides is 1. The summed E-state index contributed by atoms with van der Waals surface area (Å²) in [5.41, 5.74) is 1.78. The Morgan fingerprint density at radius 2 is 2.11 bits per heavy atom. The molecule has 13 nitrogen and oxygen atoms in total. The third-order valence-electron chi connectivity index (χ3n) is 6.12. The minimum Gasteiger partial charge on any atom is -0.465 e.